The van der Waals surface area contributed by atoms with Crippen LogP contribution in [0.3, 0.4) is 0 Å². The fraction of sp³-hybridized carbons (Fsp3) is 0.421. The molecule has 1 aromatic heterocycles. The molecule has 0 aliphatic carbocycles. The minimum atomic E-state index is -4.93. The summed E-state index contributed by atoms with van der Waals surface area (Å²) < 4.78 is 90.1. The number of halogens is 6. The van der Waals surface area contributed by atoms with Crippen LogP contribution in [0.5, 0.6) is 0 Å². The lowest BCUT2D eigenvalue weighted by Crippen LogP contribution is -2.35. The van der Waals surface area contributed by atoms with Gasteiger partial charge in [-0.2, -0.15) is 25.8 Å². The summed E-state index contributed by atoms with van der Waals surface area (Å²) in [5.74, 6) is -5.09. The predicted molar refractivity (Wildman–Crippen MR) is 103 cm³/mol. The molecule has 0 bridgehead atoms. The average Bonchev–Trinajstić information content (AvgIpc) is 3.10. The Bertz CT molecular complexity index is 1010. The van der Waals surface area contributed by atoms with Crippen molar-refractivity contribution in [1.29, 1.82) is 0 Å². The predicted octanol–water partition coefficient (Wildman–Crippen LogP) is 3.79. The van der Waals surface area contributed by atoms with Gasteiger partial charge in [-0.15, -0.1) is 0 Å². The van der Waals surface area contributed by atoms with Crippen LogP contribution in [-0.4, -0.2) is 47.5 Å². The van der Waals surface area contributed by atoms with Gasteiger partial charge in [0.15, 0.2) is 17.3 Å². The van der Waals surface area contributed by atoms with Gasteiger partial charge in [-0.05, 0) is 12.5 Å². The van der Waals surface area contributed by atoms with E-state index in [0.717, 1.165) is 13.3 Å². The largest absolute Gasteiger partial charge is 0.465 e. The van der Waals surface area contributed by atoms with E-state index in [1.54, 1.807) is 0 Å². The van der Waals surface area contributed by atoms with Crippen molar-refractivity contribution in [1.82, 2.24) is 9.97 Å². The molecule has 0 saturated carbocycles. The van der Waals surface area contributed by atoms with E-state index in [-0.39, 0.29) is 36.5 Å². The third kappa shape index (κ3) is 5.26. The molecule has 0 spiro atoms. The highest BCUT2D eigenvalue weighted by Crippen LogP contribution is 2.33. The summed E-state index contributed by atoms with van der Waals surface area (Å²) in [6.45, 7) is -0.301. The fourth-order valence-corrected chi connectivity index (χ4v) is 3.68. The Morgan fingerprint density at radius 3 is 2.56 bits per heavy atom. The summed E-state index contributed by atoms with van der Waals surface area (Å²) in [4.78, 5) is 20.5. The number of benzene rings is 1. The Morgan fingerprint density at radius 1 is 1.22 bits per heavy atom. The number of hydrogen-bond donors (Lipinski definition) is 1. The van der Waals surface area contributed by atoms with Gasteiger partial charge in [0, 0.05) is 29.6 Å². The van der Waals surface area contributed by atoms with Crippen LogP contribution < -0.4 is 4.90 Å². The van der Waals surface area contributed by atoms with E-state index in [9.17, 15) is 31.1 Å². The highest BCUT2D eigenvalue weighted by atomic mass is 32.1. The second-order valence-corrected chi connectivity index (χ2v) is 7.72. The molecule has 2 heterocycles. The zero-order chi connectivity index (χ0) is 23.6. The van der Waals surface area contributed by atoms with Gasteiger partial charge in [-0.25, -0.2) is 27.9 Å². The van der Waals surface area contributed by atoms with Gasteiger partial charge >= 0.3 is 12.1 Å². The molecule has 0 unspecified atom stereocenters. The molecule has 0 radical (unpaired) electrons. The molecule has 0 N–H and O–H groups in total. The van der Waals surface area contributed by atoms with Crippen molar-refractivity contribution in [2.75, 3.05) is 25.2 Å². The molecule has 13 heteroatoms. The number of nitrogens with zero attached hydrogens (tertiary/aromatic N) is 3. The number of aromatic nitrogens is 2. The molecule has 1 aromatic carbocycles. The number of esters is 1. The monoisotopic (exact) mass is 481 g/mol. The number of alkyl halides is 3. The van der Waals surface area contributed by atoms with Gasteiger partial charge in [-0.1, -0.05) is 0 Å². The highest BCUT2D eigenvalue weighted by Gasteiger charge is 2.40. The molecule has 1 aliphatic heterocycles. The minimum absolute atomic E-state index is 0.0983. The first-order valence-corrected chi connectivity index (χ1v) is 9.71. The Morgan fingerprint density at radius 2 is 1.91 bits per heavy atom. The van der Waals surface area contributed by atoms with E-state index in [1.807, 2.05) is 0 Å². The van der Waals surface area contributed by atoms with Crippen LogP contribution in [0.25, 0.3) is 0 Å². The molecule has 3 rings (SSSR count). The van der Waals surface area contributed by atoms with E-state index in [2.05, 4.69) is 27.3 Å². The maximum Gasteiger partial charge on any atom is 0.434 e. The molecule has 0 amide bonds. The Kier molecular flexibility index (Phi) is 7.18. The molecule has 2 atom stereocenters. The first-order chi connectivity index (χ1) is 15.0. The number of anilines is 1. The number of carbonyl (C=O) groups is 1. The number of methoxy groups -OCH3 is 1. The molecule has 2 aromatic rings. The van der Waals surface area contributed by atoms with Crippen molar-refractivity contribution < 1.29 is 40.6 Å². The van der Waals surface area contributed by atoms with Crippen molar-refractivity contribution in [3.8, 4) is 0 Å². The van der Waals surface area contributed by atoms with Gasteiger partial charge in [0.1, 0.15) is 11.4 Å². The lowest BCUT2D eigenvalue weighted by atomic mass is 10.2. The molecule has 6 nitrogen and oxygen atoms in total. The van der Waals surface area contributed by atoms with Crippen molar-refractivity contribution in [3.05, 3.63) is 52.6 Å². The van der Waals surface area contributed by atoms with Crippen LogP contribution in [0.1, 0.15) is 28.0 Å². The number of carbonyl (C=O) groups excluding carboxylic acids is 1. The topological polar surface area (TPSA) is 64.5 Å². The minimum Gasteiger partial charge on any atom is -0.465 e. The smallest absolute Gasteiger partial charge is 0.434 e. The Hall–Kier alpha value is -2.54. The SMILES string of the molecule is COC(=O)c1cnc(N2C[C@H](S)C[C@H]2COCc2cc(F)c(F)cc2F)nc1C(F)(F)F. The maximum atomic E-state index is 13.7. The molecule has 174 valence electrons. The Labute approximate surface area is 184 Å². The quantitative estimate of drug-likeness (QED) is 0.293. The summed E-state index contributed by atoms with van der Waals surface area (Å²) in [6.07, 6.45) is -3.82. The average molecular weight is 481 g/mol. The van der Waals surface area contributed by atoms with Gasteiger partial charge in [0.2, 0.25) is 5.95 Å². The number of ether oxygens (including phenoxy) is 2. The van der Waals surface area contributed by atoms with Crippen molar-refractivity contribution in [2.45, 2.75) is 30.5 Å². The second kappa shape index (κ2) is 9.53. The third-order valence-corrected chi connectivity index (χ3v) is 5.13. The van der Waals surface area contributed by atoms with Crippen LogP contribution in [0, 0.1) is 17.5 Å². The summed E-state index contributed by atoms with van der Waals surface area (Å²) in [7, 11) is 0.936. The lowest BCUT2D eigenvalue weighted by molar-refractivity contribution is -0.141. The van der Waals surface area contributed by atoms with E-state index < -0.39 is 46.9 Å². The fourth-order valence-electron chi connectivity index (χ4n) is 3.26. The van der Waals surface area contributed by atoms with E-state index in [4.69, 9.17) is 4.74 Å². The van der Waals surface area contributed by atoms with E-state index in [0.29, 0.717) is 18.6 Å². The normalized spacial score (nSPS) is 18.8. The number of rotatable bonds is 6. The third-order valence-electron chi connectivity index (χ3n) is 4.76. The molecule has 1 fully saturated rings. The summed E-state index contributed by atoms with van der Waals surface area (Å²) in [6, 6.07) is 0.536. The molecular weight excluding hydrogens is 464 g/mol. The first kappa shape index (κ1) is 24.1. The van der Waals surface area contributed by atoms with Crippen molar-refractivity contribution in [2.24, 2.45) is 0 Å². The summed E-state index contributed by atoms with van der Waals surface area (Å²) in [5, 5.41) is -0.248. The molecule has 1 saturated heterocycles. The van der Waals surface area contributed by atoms with Crippen LogP contribution >= 0.6 is 12.6 Å². The Balaban J connectivity index is 1.78. The van der Waals surface area contributed by atoms with Crippen molar-refractivity contribution >= 4 is 24.5 Å². The van der Waals surface area contributed by atoms with Crippen molar-refractivity contribution in [3.63, 3.8) is 0 Å². The van der Waals surface area contributed by atoms with Gasteiger partial charge in [-0.3, -0.25) is 0 Å². The molecular formula is C19H17F6N3O3S. The zero-order valence-electron chi connectivity index (χ0n) is 16.5. The number of hydrogen-bond acceptors (Lipinski definition) is 7. The van der Waals surface area contributed by atoms with E-state index >= 15 is 0 Å². The van der Waals surface area contributed by atoms with Gasteiger partial charge in [0.25, 0.3) is 0 Å². The maximum absolute atomic E-state index is 13.7. The van der Waals surface area contributed by atoms with E-state index in [1.165, 1.54) is 4.90 Å². The molecule has 1 aliphatic rings. The van der Waals surface area contributed by atoms with Crippen LogP contribution in [0.2, 0.25) is 0 Å². The van der Waals surface area contributed by atoms with Crippen LogP contribution in [0.15, 0.2) is 18.3 Å². The summed E-state index contributed by atoms with van der Waals surface area (Å²) in [5.41, 5.74) is -2.48. The molecule has 32 heavy (non-hydrogen) atoms. The second-order valence-electron chi connectivity index (χ2n) is 6.99. The first-order valence-electron chi connectivity index (χ1n) is 9.19. The van der Waals surface area contributed by atoms with Gasteiger partial charge in [0.05, 0.1) is 26.4 Å². The van der Waals surface area contributed by atoms with Gasteiger partial charge < -0.3 is 14.4 Å². The lowest BCUT2D eigenvalue weighted by Gasteiger charge is -2.25. The summed E-state index contributed by atoms with van der Waals surface area (Å²) >= 11 is 4.34. The zero-order valence-corrected chi connectivity index (χ0v) is 17.4. The van der Waals surface area contributed by atoms with Crippen LogP contribution in [-0.2, 0) is 22.3 Å². The highest BCUT2D eigenvalue weighted by molar-refractivity contribution is 7.81. The van der Waals surface area contributed by atoms with Crippen LogP contribution in [0.4, 0.5) is 32.3 Å². The standard InChI is InChI=1S/C19H17F6N3O3S/c1-30-17(29)12-5-26-18(27-16(12)19(23,24)25)28-6-11(32)3-10(28)8-31-7-9-2-14(21)15(22)4-13(9)20/h2,4-5,10-11,32H,3,6-8H2,1H3/t10-,11+/m0/s1. The number of thiol groups is 1.